The molecule has 0 amide bonds. The van der Waals surface area contributed by atoms with Crippen LogP contribution in [0.25, 0.3) is 22.8 Å². The number of nitrogens with zero attached hydrogens (tertiary/aromatic N) is 3. The van der Waals surface area contributed by atoms with Crippen LogP contribution in [-0.2, 0) is 0 Å². The van der Waals surface area contributed by atoms with E-state index in [1.54, 1.807) is 11.8 Å². The molecule has 126 valence electrons. The fourth-order valence-corrected chi connectivity index (χ4v) is 2.88. The quantitative estimate of drug-likeness (QED) is 0.509. The van der Waals surface area contributed by atoms with E-state index in [-0.39, 0.29) is 0 Å². The predicted molar refractivity (Wildman–Crippen MR) is 104 cm³/mol. The van der Waals surface area contributed by atoms with E-state index in [2.05, 4.69) is 28.2 Å². The lowest BCUT2D eigenvalue weighted by Gasteiger charge is -2.10. The Hall–Kier alpha value is -3.62. The number of methoxy groups -OCH3 is 1. The highest BCUT2D eigenvalue weighted by molar-refractivity contribution is 5.84. The van der Waals surface area contributed by atoms with Crippen LogP contribution in [0.2, 0.25) is 0 Å². The molecule has 4 rings (SSSR count). The molecule has 0 aliphatic carbocycles. The molecule has 0 bridgehead atoms. The summed E-state index contributed by atoms with van der Waals surface area (Å²) >= 11 is 0. The first-order chi connectivity index (χ1) is 12.9. The van der Waals surface area contributed by atoms with Gasteiger partial charge in [-0.3, -0.25) is 0 Å². The lowest BCUT2D eigenvalue weighted by atomic mass is 9.98. The van der Waals surface area contributed by atoms with Gasteiger partial charge in [0.2, 0.25) is 0 Å². The normalized spacial score (nSPS) is 10.3. The Morgan fingerprint density at radius 3 is 2.50 bits per heavy atom. The van der Waals surface area contributed by atoms with Crippen LogP contribution in [0.1, 0.15) is 11.1 Å². The second-order valence-corrected chi connectivity index (χ2v) is 5.74. The second-order valence-electron chi connectivity index (χ2n) is 5.74. The molecule has 0 N–H and O–H groups in total. The van der Waals surface area contributed by atoms with Gasteiger partial charge in [0.1, 0.15) is 11.3 Å². The number of aromatic nitrogens is 3. The van der Waals surface area contributed by atoms with Crippen molar-refractivity contribution in [3.05, 3.63) is 95.7 Å². The molecular weight excluding hydrogens is 322 g/mol. The fourth-order valence-electron chi connectivity index (χ4n) is 2.88. The molecule has 26 heavy (non-hydrogen) atoms. The number of fused-ring (bicyclic) bond motifs is 1. The molecule has 0 fully saturated rings. The van der Waals surface area contributed by atoms with Crippen LogP contribution in [0.15, 0.2) is 84.6 Å². The maximum absolute atomic E-state index is 5.55. The minimum absolute atomic E-state index is 0.802. The molecule has 0 unspecified atom stereocenters. The molecule has 0 saturated heterocycles. The summed E-state index contributed by atoms with van der Waals surface area (Å²) in [5.74, 6) is 0.802. The Balaban J connectivity index is 1.92. The van der Waals surface area contributed by atoms with Gasteiger partial charge in [-0.15, -0.1) is 5.10 Å². The van der Waals surface area contributed by atoms with Crippen molar-refractivity contribution >= 4 is 22.8 Å². The molecule has 1 heterocycles. The predicted octanol–water partition coefficient (Wildman–Crippen LogP) is 4.64. The van der Waals surface area contributed by atoms with Gasteiger partial charge >= 0.3 is 0 Å². The third-order valence-corrected chi connectivity index (χ3v) is 4.15. The summed E-state index contributed by atoms with van der Waals surface area (Å²) in [4.78, 5) is 0. The maximum atomic E-state index is 5.55. The number of hydrogen-bond donors (Lipinski definition) is 0. The summed E-state index contributed by atoms with van der Waals surface area (Å²) in [7, 11) is 1.68. The van der Waals surface area contributed by atoms with E-state index >= 15 is 0 Å². The van der Waals surface area contributed by atoms with Gasteiger partial charge < -0.3 is 4.74 Å². The van der Waals surface area contributed by atoms with Crippen molar-refractivity contribution < 1.29 is 4.74 Å². The Labute approximate surface area is 151 Å². The van der Waals surface area contributed by atoms with Gasteiger partial charge in [-0.05, 0) is 29.8 Å². The average molecular weight is 339 g/mol. The first-order valence-electron chi connectivity index (χ1n) is 8.32. The van der Waals surface area contributed by atoms with Gasteiger partial charge in [-0.2, -0.15) is 0 Å². The van der Waals surface area contributed by atoms with Gasteiger partial charge in [-0.25, -0.2) is 4.68 Å². The van der Waals surface area contributed by atoms with Crippen LogP contribution in [0.5, 0.6) is 5.75 Å². The molecule has 0 radical (unpaired) electrons. The Kier molecular flexibility index (Phi) is 4.33. The van der Waals surface area contributed by atoms with Crippen LogP contribution in [0.3, 0.4) is 0 Å². The molecule has 4 aromatic rings. The minimum Gasteiger partial charge on any atom is -0.496 e. The second kappa shape index (κ2) is 7.09. The van der Waals surface area contributed by atoms with E-state index in [1.165, 1.54) is 0 Å². The van der Waals surface area contributed by atoms with Crippen LogP contribution >= 0.6 is 0 Å². The molecule has 0 aliphatic rings. The van der Waals surface area contributed by atoms with E-state index in [0.29, 0.717) is 0 Å². The van der Waals surface area contributed by atoms with Crippen LogP contribution in [0, 0.1) is 0 Å². The number of rotatable bonds is 4. The maximum Gasteiger partial charge on any atom is 0.127 e. The first-order valence-corrected chi connectivity index (χ1v) is 8.32. The SMILES string of the molecule is COc1ccccc1C(=C=Cn1nnc2ccccc21)c1ccccc1. The molecular formula is C22H17N3O. The van der Waals surface area contributed by atoms with Crippen molar-refractivity contribution in [2.75, 3.05) is 7.11 Å². The van der Waals surface area contributed by atoms with Crippen LogP contribution in [-0.4, -0.2) is 22.1 Å². The van der Waals surface area contributed by atoms with E-state index < -0.39 is 0 Å². The van der Waals surface area contributed by atoms with Gasteiger partial charge in [0.25, 0.3) is 0 Å². The summed E-state index contributed by atoms with van der Waals surface area (Å²) in [5.41, 5.74) is 8.14. The molecule has 0 aliphatic heterocycles. The monoisotopic (exact) mass is 339 g/mol. The zero-order chi connectivity index (χ0) is 17.8. The highest BCUT2D eigenvalue weighted by Gasteiger charge is 2.10. The van der Waals surface area contributed by atoms with E-state index in [4.69, 9.17) is 4.74 Å². The topological polar surface area (TPSA) is 39.9 Å². The summed E-state index contributed by atoms with van der Waals surface area (Å²) < 4.78 is 7.28. The van der Waals surface area contributed by atoms with Crippen molar-refractivity contribution in [3.8, 4) is 5.75 Å². The first kappa shape index (κ1) is 15.9. The van der Waals surface area contributed by atoms with E-state index in [9.17, 15) is 0 Å². The average Bonchev–Trinajstić information content (AvgIpc) is 3.12. The zero-order valence-electron chi connectivity index (χ0n) is 14.3. The van der Waals surface area contributed by atoms with E-state index in [0.717, 1.165) is 33.5 Å². The lowest BCUT2D eigenvalue weighted by Crippen LogP contribution is -1.93. The summed E-state index contributed by atoms with van der Waals surface area (Å²) in [6.45, 7) is 0. The highest BCUT2D eigenvalue weighted by atomic mass is 16.5. The van der Waals surface area contributed by atoms with E-state index in [1.807, 2.05) is 72.9 Å². The largest absolute Gasteiger partial charge is 0.496 e. The molecule has 4 heteroatoms. The fraction of sp³-hybridized carbons (Fsp3) is 0.0455. The van der Waals surface area contributed by atoms with Gasteiger partial charge in [0.15, 0.2) is 0 Å². The number of ether oxygens (including phenoxy) is 1. The van der Waals surface area contributed by atoms with Gasteiger partial charge in [0.05, 0.1) is 18.8 Å². The minimum atomic E-state index is 0.802. The molecule has 0 spiro atoms. The van der Waals surface area contributed by atoms with Crippen molar-refractivity contribution in [2.45, 2.75) is 0 Å². The molecule has 4 nitrogen and oxygen atoms in total. The smallest absolute Gasteiger partial charge is 0.127 e. The molecule has 0 atom stereocenters. The molecule has 0 saturated carbocycles. The third-order valence-electron chi connectivity index (χ3n) is 4.15. The summed E-state index contributed by atoms with van der Waals surface area (Å²) in [6.07, 6.45) is 1.81. The summed E-state index contributed by atoms with van der Waals surface area (Å²) in [5, 5.41) is 8.38. The zero-order valence-corrected chi connectivity index (χ0v) is 14.3. The van der Waals surface area contributed by atoms with Crippen molar-refractivity contribution in [2.24, 2.45) is 0 Å². The standard InChI is InChI=1S/C22H17N3O/c1-26-22-14-8-5-11-19(22)18(17-9-3-2-4-10-17)15-16-25-21-13-7-6-12-20(21)23-24-25/h2-14,16H,1H3. The number of benzene rings is 3. The Morgan fingerprint density at radius 2 is 1.65 bits per heavy atom. The third kappa shape index (κ3) is 3.02. The van der Waals surface area contributed by atoms with Crippen LogP contribution < -0.4 is 4.74 Å². The molecule has 3 aromatic carbocycles. The van der Waals surface area contributed by atoms with Crippen molar-refractivity contribution in [3.63, 3.8) is 0 Å². The lowest BCUT2D eigenvalue weighted by molar-refractivity contribution is 0.413. The Bertz CT molecular complexity index is 1110. The van der Waals surface area contributed by atoms with Crippen molar-refractivity contribution in [1.29, 1.82) is 0 Å². The van der Waals surface area contributed by atoms with Crippen molar-refractivity contribution in [1.82, 2.24) is 15.0 Å². The van der Waals surface area contributed by atoms with Gasteiger partial charge in [0, 0.05) is 11.1 Å². The number of para-hydroxylation sites is 2. The highest BCUT2D eigenvalue weighted by Crippen LogP contribution is 2.30. The van der Waals surface area contributed by atoms with Crippen LogP contribution in [0.4, 0.5) is 0 Å². The van der Waals surface area contributed by atoms with Gasteiger partial charge in [-0.1, -0.05) is 65.5 Å². The Morgan fingerprint density at radius 1 is 0.923 bits per heavy atom. The number of hydrogen-bond acceptors (Lipinski definition) is 3. The molecule has 1 aromatic heterocycles. The summed E-state index contributed by atoms with van der Waals surface area (Å²) in [6, 6.07) is 25.9.